The maximum atomic E-state index is 12.0. The number of rotatable bonds is 9. The Balaban J connectivity index is 4.76. The van der Waals surface area contributed by atoms with E-state index in [1.54, 1.807) is 6.92 Å². The van der Waals surface area contributed by atoms with Gasteiger partial charge in [-0.3, -0.25) is 4.79 Å². The molecule has 0 aromatic carbocycles. The number of carbonyl (C=O) groups excluding carboxylic acids is 2. The van der Waals surface area contributed by atoms with Crippen LogP contribution in [0.4, 0.5) is 4.79 Å². The average Bonchev–Trinajstić information content (AvgIpc) is 2.39. The van der Waals surface area contributed by atoms with Crippen molar-refractivity contribution in [2.45, 2.75) is 26.0 Å². The number of carboxylic acid groups (broad SMARTS) is 1. The fourth-order valence-electron chi connectivity index (χ4n) is 1.43. The van der Waals surface area contributed by atoms with Crippen LogP contribution in [0.2, 0.25) is 0 Å². The van der Waals surface area contributed by atoms with Gasteiger partial charge in [-0.15, -0.1) is 0 Å². The van der Waals surface area contributed by atoms with Gasteiger partial charge in [0, 0.05) is 13.7 Å². The Bertz CT molecular complexity index is 360. The summed E-state index contributed by atoms with van der Waals surface area (Å²) in [7, 11) is 1.43. The maximum Gasteiger partial charge on any atom is 0.328 e. The van der Waals surface area contributed by atoms with Crippen molar-refractivity contribution >= 4 is 18.0 Å². The van der Waals surface area contributed by atoms with E-state index in [0.29, 0.717) is 0 Å². The van der Waals surface area contributed by atoms with E-state index in [9.17, 15) is 19.5 Å². The number of nitrogens with zero attached hydrogens (tertiary/aromatic N) is 1. The van der Waals surface area contributed by atoms with Gasteiger partial charge in [0.05, 0.1) is 19.3 Å². The predicted molar refractivity (Wildman–Crippen MR) is 71.7 cm³/mol. The standard InChI is InChI=1S/C12H22N2O7/c1-4-21-9(16)7-14(5-6-20-3)12(19)13-10(8(2)15)11(17)18/h8,10,15H,4-7H2,1-3H3,(H,13,19)(H,17,18). The number of nitrogens with one attached hydrogen (secondary N) is 1. The molecule has 3 N–H and O–H groups in total. The summed E-state index contributed by atoms with van der Waals surface area (Å²) in [5.74, 6) is -1.99. The number of ether oxygens (including phenoxy) is 2. The van der Waals surface area contributed by atoms with E-state index in [1.165, 1.54) is 14.0 Å². The minimum absolute atomic E-state index is 0.0767. The summed E-state index contributed by atoms with van der Waals surface area (Å²) in [6, 6.07) is -2.27. The molecule has 0 rings (SSSR count). The summed E-state index contributed by atoms with van der Waals surface area (Å²) in [5, 5.41) is 20.4. The molecule has 0 aliphatic carbocycles. The van der Waals surface area contributed by atoms with E-state index in [1.807, 2.05) is 0 Å². The molecule has 0 aliphatic rings. The molecule has 0 bridgehead atoms. The SMILES string of the molecule is CCOC(=O)CN(CCOC)C(=O)NC(C(=O)O)C(C)O. The quantitative estimate of drug-likeness (QED) is 0.468. The third kappa shape index (κ3) is 7.47. The van der Waals surface area contributed by atoms with E-state index in [0.717, 1.165) is 4.90 Å². The molecule has 0 aromatic heterocycles. The molecule has 0 spiro atoms. The number of amides is 2. The summed E-state index contributed by atoms with van der Waals surface area (Å²) in [4.78, 5) is 35.4. The largest absolute Gasteiger partial charge is 0.480 e. The lowest BCUT2D eigenvalue weighted by atomic mass is 10.2. The number of urea groups is 1. The van der Waals surface area contributed by atoms with Crippen LogP contribution in [0, 0.1) is 0 Å². The number of esters is 1. The summed E-state index contributed by atoms with van der Waals surface area (Å²) in [6.07, 6.45) is -1.28. The van der Waals surface area contributed by atoms with Gasteiger partial charge in [0.2, 0.25) is 0 Å². The third-order valence-electron chi connectivity index (χ3n) is 2.51. The maximum absolute atomic E-state index is 12.0. The van der Waals surface area contributed by atoms with Gasteiger partial charge in [-0.2, -0.15) is 0 Å². The Morgan fingerprint density at radius 3 is 2.38 bits per heavy atom. The van der Waals surface area contributed by atoms with Crippen molar-refractivity contribution in [1.29, 1.82) is 0 Å². The van der Waals surface area contributed by atoms with Crippen LogP contribution >= 0.6 is 0 Å². The minimum Gasteiger partial charge on any atom is -0.480 e. The summed E-state index contributed by atoms with van der Waals surface area (Å²) < 4.78 is 9.56. The van der Waals surface area contributed by atoms with Gasteiger partial charge in [-0.05, 0) is 13.8 Å². The van der Waals surface area contributed by atoms with Crippen molar-refractivity contribution in [3.63, 3.8) is 0 Å². The van der Waals surface area contributed by atoms with Crippen LogP contribution in [0.3, 0.4) is 0 Å². The number of carboxylic acids is 1. The molecule has 9 heteroatoms. The Kier molecular flexibility index (Phi) is 9.06. The van der Waals surface area contributed by atoms with Crippen molar-refractivity contribution in [2.75, 3.05) is 33.4 Å². The molecular formula is C12H22N2O7. The number of hydrogen-bond donors (Lipinski definition) is 3. The smallest absolute Gasteiger partial charge is 0.328 e. The highest BCUT2D eigenvalue weighted by molar-refractivity contribution is 5.85. The van der Waals surface area contributed by atoms with Crippen LogP contribution in [-0.4, -0.2) is 78.6 Å². The molecule has 0 heterocycles. The fraction of sp³-hybridized carbons (Fsp3) is 0.750. The Morgan fingerprint density at radius 1 is 1.33 bits per heavy atom. The van der Waals surface area contributed by atoms with Crippen molar-refractivity contribution in [3.05, 3.63) is 0 Å². The van der Waals surface area contributed by atoms with E-state index < -0.39 is 30.1 Å². The number of aliphatic hydroxyl groups is 1. The molecule has 0 saturated carbocycles. The zero-order chi connectivity index (χ0) is 16.4. The van der Waals surface area contributed by atoms with Gasteiger partial charge in [0.1, 0.15) is 6.54 Å². The van der Waals surface area contributed by atoms with E-state index in [-0.39, 0.29) is 26.3 Å². The summed E-state index contributed by atoms with van der Waals surface area (Å²) in [6.45, 7) is 2.95. The molecule has 0 saturated heterocycles. The first-order chi connectivity index (χ1) is 9.83. The van der Waals surface area contributed by atoms with Crippen LogP contribution in [0.15, 0.2) is 0 Å². The molecule has 0 radical (unpaired) electrons. The third-order valence-corrected chi connectivity index (χ3v) is 2.51. The lowest BCUT2D eigenvalue weighted by Gasteiger charge is -2.25. The molecule has 122 valence electrons. The first-order valence-electron chi connectivity index (χ1n) is 6.44. The monoisotopic (exact) mass is 306 g/mol. The zero-order valence-corrected chi connectivity index (χ0v) is 12.4. The molecule has 0 fully saturated rings. The van der Waals surface area contributed by atoms with Crippen molar-refractivity contribution < 1.29 is 34.1 Å². The van der Waals surface area contributed by atoms with Gasteiger partial charge >= 0.3 is 18.0 Å². The van der Waals surface area contributed by atoms with Crippen molar-refractivity contribution in [3.8, 4) is 0 Å². The second-order valence-electron chi connectivity index (χ2n) is 4.23. The molecule has 0 aromatic rings. The van der Waals surface area contributed by atoms with Gasteiger partial charge < -0.3 is 29.9 Å². The second kappa shape index (κ2) is 9.94. The van der Waals surface area contributed by atoms with Gasteiger partial charge in [0.25, 0.3) is 0 Å². The van der Waals surface area contributed by atoms with Crippen molar-refractivity contribution in [2.24, 2.45) is 0 Å². The summed E-state index contributed by atoms with van der Waals surface area (Å²) >= 11 is 0. The van der Waals surface area contributed by atoms with E-state index >= 15 is 0 Å². The summed E-state index contributed by atoms with van der Waals surface area (Å²) in [5.41, 5.74) is 0. The highest BCUT2D eigenvalue weighted by Gasteiger charge is 2.28. The number of aliphatic carboxylic acids is 1. The number of methoxy groups -OCH3 is 1. The zero-order valence-electron chi connectivity index (χ0n) is 12.4. The molecule has 2 amide bonds. The lowest BCUT2D eigenvalue weighted by molar-refractivity contribution is -0.143. The van der Waals surface area contributed by atoms with Gasteiger partial charge in [0.15, 0.2) is 6.04 Å². The van der Waals surface area contributed by atoms with Crippen LogP contribution in [0.25, 0.3) is 0 Å². The topological polar surface area (TPSA) is 125 Å². The first kappa shape index (κ1) is 19.1. The highest BCUT2D eigenvalue weighted by Crippen LogP contribution is 1.98. The Hall–Kier alpha value is -1.87. The molecule has 2 unspecified atom stereocenters. The predicted octanol–water partition coefficient (Wildman–Crippen LogP) is -0.958. The first-order valence-corrected chi connectivity index (χ1v) is 6.44. The average molecular weight is 306 g/mol. The molecule has 2 atom stereocenters. The molecule has 0 aliphatic heterocycles. The van der Waals surface area contributed by atoms with Crippen LogP contribution in [0.1, 0.15) is 13.8 Å². The van der Waals surface area contributed by atoms with E-state index in [2.05, 4.69) is 5.32 Å². The molecule has 9 nitrogen and oxygen atoms in total. The number of aliphatic hydroxyl groups excluding tert-OH is 1. The number of hydrogen-bond acceptors (Lipinski definition) is 6. The van der Waals surface area contributed by atoms with Crippen LogP contribution in [-0.2, 0) is 19.1 Å². The van der Waals surface area contributed by atoms with Crippen LogP contribution < -0.4 is 5.32 Å². The van der Waals surface area contributed by atoms with Crippen LogP contribution in [0.5, 0.6) is 0 Å². The number of carbonyl (C=O) groups is 3. The minimum atomic E-state index is -1.47. The Labute approximate surface area is 122 Å². The molecule has 21 heavy (non-hydrogen) atoms. The van der Waals surface area contributed by atoms with E-state index in [4.69, 9.17) is 14.6 Å². The van der Waals surface area contributed by atoms with Gasteiger partial charge in [-0.25, -0.2) is 9.59 Å². The van der Waals surface area contributed by atoms with Crippen molar-refractivity contribution in [1.82, 2.24) is 10.2 Å². The highest BCUT2D eigenvalue weighted by atomic mass is 16.5. The fourth-order valence-corrected chi connectivity index (χ4v) is 1.43. The lowest BCUT2D eigenvalue weighted by Crippen LogP contribution is -2.53. The van der Waals surface area contributed by atoms with Gasteiger partial charge in [-0.1, -0.05) is 0 Å². The Morgan fingerprint density at radius 2 is 1.95 bits per heavy atom. The molecular weight excluding hydrogens is 284 g/mol. The normalized spacial score (nSPS) is 13.1. The second-order valence-corrected chi connectivity index (χ2v) is 4.23.